The molecule has 0 radical (unpaired) electrons. The molecule has 2 heterocycles. The van der Waals surface area contributed by atoms with Crippen LogP contribution in [0.3, 0.4) is 0 Å². The average molecular weight is 437 g/mol. The molecule has 4 rings (SSSR count). The molecular weight excluding hydrogens is 412 g/mol. The molecule has 0 saturated carbocycles. The Morgan fingerprint density at radius 3 is 2.68 bits per heavy atom. The highest BCUT2D eigenvalue weighted by Crippen LogP contribution is 2.38. The third-order valence-corrected chi connectivity index (χ3v) is 5.76. The van der Waals surface area contributed by atoms with E-state index < -0.39 is 0 Å². The number of carbonyl (C=O) groups is 1. The van der Waals surface area contributed by atoms with Gasteiger partial charge in [0.2, 0.25) is 5.95 Å². The lowest BCUT2D eigenvalue weighted by molar-refractivity contribution is 0.0733. The first-order chi connectivity index (χ1) is 15.0. The molecule has 1 fully saturated rings. The SMILES string of the molecule is COc1cccc(C(=O)N2CCCC2c2nc(N(C)C)ncc2-c2ccc(Cl)cc2)c1. The minimum Gasteiger partial charge on any atom is -0.497 e. The highest BCUT2D eigenvalue weighted by Gasteiger charge is 2.34. The van der Waals surface area contributed by atoms with Gasteiger partial charge in [0, 0.05) is 43.0 Å². The number of aromatic nitrogens is 2. The third-order valence-electron chi connectivity index (χ3n) is 5.51. The van der Waals surface area contributed by atoms with E-state index in [0.29, 0.717) is 28.8 Å². The molecular formula is C24H25ClN4O2. The Kier molecular flexibility index (Phi) is 6.09. The Morgan fingerprint density at radius 2 is 1.97 bits per heavy atom. The number of benzene rings is 2. The van der Waals surface area contributed by atoms with Gasteiger partial charge in [0.15, 0.2) is 0 Å². The van der Waals surface area contributed by atoms with Crippen LogP contribution in [0.25, 0.3) is 11.1 Å². The van der Waals surface area contributed by atoms with Gasteiger partial charge in [-0.3, -0.25) is 4.79 Å². The van der Waals surface area contributed by atoms with Gasteiger partial charge in [0.05, 0.1) is 18.8 Å². The Balaban J connectivity index is 1.76. The van der Waals surface area contributed by atoms with E-state index in [2.05, 4.69) is 4.98 Å². The number of likely N-dealkylation sites (tertiary alicyclic amines) is 1. The van der Waals surface area contributed by atoms with Gasteiger partial charge in [0.1, 0.15) is 5.75 Å². The minimum atomic E-state index is -0.133. The van der Waals surface area contributed by atoms with E-state index in [4.69, 9.17) is 21.3 Å². The van der Waals surface area contributed by atoms with Crippen molar-refractivity contribution < 1.29 is 9.53 Å². The van der Waals surface area contributed by atoms with Crippen LogP contribution in [0.1, 0.15) is 34.9 Å². The zero-order chi connectivity index (χ0) is 22.0. The summed E-state index contributed by atoms with van der Waals surface area (Å²) in [5, 5.41) is 0.673. The van der Waals surface area contributed by atoms with Crippen molar-refractivity contribution in [2.24, 2.45) is 0 Å². The molecule has 0 spiro atoms. The number of nitrogens with zero attached hydrogens (tertiary/aromatic N) is 4. The molecule has 1 unspecified atom stereocenters. The largest absolute Gasteiger partial charge is 0.497 e. The summed E-state index contributed by atoms with van der Waals surface area (Å²) in [5.74, 6) is 1.27. The topological polar surface area (TPSA) is 58.6 Å². The number of carbonyl (C=O) groups excluding carboxylic acids is 1. The predicted molar refractivity (Wildman–Crippen MR) is 123 cm³/mol. The van der Waals surface area contributed by atoms with Crippen LogP contribution >= 0.6 is 11.6 Å². The van der Waals surface area contributed by atoms with Crippen LogP contribution in [0.4, 0.5) is 5.95 Å². The molecule has 7 heteroatoms. The summed E-state index contributed by atoms with van der Waals surface area (Å²) in [6, 6.07) is 14.8. The lowest BCUT2D eigenvalue weighted by Gasteiger charge is -2.27. The molecule has 2 aromatic carbocycles. The molecule has 0 bridgehead atoms. The second-order valence-corrected chi connectivity index (χ2v) is 8.20. The van der Waals surface area contributed by atoms with Gasteiger partial charge in [-0.1, -0.05) is 29.8 Å². The second-order valence-electron chi connectivity index (χ2n) is 7.76. The van der Waals surface area contributed by atoms with Crippen LogP contribution < -0.4 is 9.64 Å². The average Bonchev–Trinajstić information content (AvgIpc) is 3.28. The minimum absolute atomic E-state index is 0.0199. The number of halogens is 1. The van der Waals surface area contributed by atoms with Crippen LogP contribution in [0.15, 0.2) is 54.7 Å². The number of hydrogen-bond acceptors (Lipinski definition) is 5. The highest BCUT2D eigenvalue weighted by molar-refractivity contribution is 6.30. The Morgan fingerprint density at radius 1 is 1.19 bits per heavy atom. The monoisotopic (exact) mass is 436 g/mol. The second kappa shape index (κ2) is 8.94. The van der Waals surface area contributed by atoms with E-state index in [0.717, 1.165) is 29.7 Å². The van der Waals surface area contributed by atoms with Crippen molar-refractivity contribution in [3.63, 3.8) is 0 Å². The maximum atomic E-state index is 13.4. The number of methoxy groups -OCH3 is 1. The molecule has 3 aromatic rings. The first kappa shape index (κ1) is 21.1. The first-order valence-electron chi connectivity index (χ1n) is 10.2. The van der Waals surface area contributed by atoms with Crippen LogP contribution in [0, 0.1) is 0 Å². The first-order valence-corrected chi connectivity index (χ1v) is 10.6. The van der Waals surface area contributed by atoms with E-state index in [1.165, 1.54) is 0 Å². The highest BCUT2D eigenvalue weighted by atomic mass is 35.5. The summed E-state index contributed by atoms with van der Waals surface area (Å²) >= 11 is 6.09. The van der Waals surface area contributed by atoms with E-state index in [1.54, 1.807) is 13.2 Å². The van der Waals surface area contributed by atoms with Gasteiger partial charge < -0.3 is 14.5 Å². The predicted octanol–water partition coefficient (Wildman–Crippen LogP) is 4.85. The van der Waals surface area contributed by atoms with E-state index in [1.807, 2.05) is 72.6 Å². The van der Waals surface area contributed by atoms with Crippen LogP contribution in [-0.4, -0.2) is 48.5 Å². The zero-order valence-corrected chi connectivity index (χ0v) is 18.6. The van der Waals surface area contributed by atoms with Crippen molar-refractivity contribution in [3.8, 4) is 16.9 Å². The third kappa shape index (κ3) is 4.35. The van der Waals surface area contributed by atoms with Gasteiger partial charge >= 0.3 is 0 Å². The molecule has 1 aliphatic heterocycles. The van der Waals surface area contributed by atoms with Crippen LogP contribution in [-0.2, 0) is 0 Å². The standard InChI is InChI=1S/C24H25ClN4O2/c1-28(2)24-26-15-20(16-9-11-18(25)12-10-16)22(27-24)21-8-5-13-29(21)23(30)17-6-4-7-19(14-17)31-3/h4,6-7,9-12,14-15,21H,5,8,13H2,1-3H3. The lowest BCUT2D eigenvalue weighted by atomic mass is 9.99. The molecule has 31 heavy (non-hydrogen) atoms. The van der Waals surface area contributed by atoms with Gasteiger partial charge in [0.25, 0.3) is 5.91 Å². The molecule has 1 atom stereocenters. The fourth-order valence-electron chi connectivity index (χ4n) is 3.92. The summed E-state index contributed by atoms with van der Waals surface area (Å²) < 4.78 is 5.30. The van der Waals surface area contributed by atoms with Crippen molar-refractivity contribution in [2.45, 2.75) is 18.9 Å². The summed E-state index contributed by atoms with van der Waals surface area (Å²) in [6.07, 6.45) is 3.61. The molecule has 6 nitrogen and oxygen atoms in total. The lowest BCUT2D eigenvalue weighted by Crippen LogP contribution is -2.31. The summed E-state index contributed by atoms with van der Waals surface area (Å²) in [6.45, 7) is 0.683. The van der Waals surface area contributed by atoms with Gasteiger partial charge in [-0.2, -0.15) is 0 Å². The normalized spacial score (nSPS) is 15.7. The van der Waals surface area contributed by atoms with Gasteiger partial charge in [-0.15, -0.1) is 0 Å². The summed E-state index contributed by atoms with van der Waals surface area (Å²) in [7, 11) is 5.42. The fourth-order valence-corrected chi connectivity index (χ4v) is 4.05. The smallest absolute Gasteiger partial charge is 0.254 e. The number of anilines is 1. The van der Waals surface area contributed by atoms with E-state index >= 15 is 0 Å². The summed E-state index contributed by atoms with van der Waals surface area (Å²) in [4.78, 5) is 26.6. The Bertz CT molecular complexity index is 1090. The van der Waals surface area contributed by atoms with Crippen LogP contribution in [0.2, 0.25) is 5.02 Å². The number of ether oxygens (including phenoxy) is 1. The van der Waals surface area contributed by atoms with Crippen molar-refractivity contribution in [1.29, 1.82) is 0 Å². The van der Waals surface area contributed by atoms with Crippen molar-refractivity contribution >= 4 is 23.5 Å². The maximum Gasteiger partial charge on any atom is 0.254 e. The summed E-state index contributed by atoms with van der Waals surface area (Å²) in [5.41, 5.74) is 3.36. The van der Waals surface area contributed by atoms with Gasteiger partial charge in [-0.25, -0.2) is 9.97 Å². The van der Waals surface area contributed by atoms with Crippen LogP contribution in [0.5, 0.6) is 5.75 Å². The van der Waals surface area contributed by atoms with Crippen molar-refractivity contribution in [3.05, 3.63) is 71.0 Å². The van der Waals surface area contributed by atoms with E-state index in [-0.39, 0.29) is 11.9 Å². The Labute approximate surface area is 187 Å². The maximum absolute atomic E-state index is 13.4. The molecule has 1 amide bonds. The molecule has 1 saturated heterocycles. The molecule has 160 valence electrons. The fraction of sp³-hybridized carbons (Fsp3) is 0.292. The molecule has 1 aromatic heterocycles. The quantitative estimate of drug-likeness (QED) is 0.572. The molecule has 1 aliphatic rings. The van der Waals surface area contributed by atoms with Crippen molar-refractivity contribution in [1.82, 2.24) is 14.9 Å². The number of rotatable bonds is 5. The number of amides is 1. The number of hydrogen-bond donors (Lipinski definition) is 0. The molecule has 0 N–H and O–H groups in total. The Hall–Kier alpha value is -3.12. The van der Waals surface area contributed by atoms with E-state index in [9.17, 15) is 4.79 Å². The van der Waals surface area contributed by atoms with Gasteiger partial charge in [-0.05, 0) is 48.7 Å². The molecule has 0 aliphatic carbocycles. The van der Waals surface area contributed by atoms with Crippen molar-refractivity contribution in [2.75, 3.05) is 32.6 Å². The zero-order valence-electron chi connectivity index (χ0n) is 17.9.